The van der Waals surface area contributed by atoms with Crippen LogP contribution in [0.3, 0.4) is 0 Å². The summed E-state index contributed by atoms with van der Waals surface area (Å²) in [4.78, 5) is 29.4. The third-order valence-corrected chi connectivity index (χ3v) is 3.68. The number of anilines is 1. The van der Waals surface area contributed by atoms with Crippen LogP contribution in [0.5, 0.6) is 0 Å². The van der Waals surface area contributed by atoms with Crippen LogP contribution in [0.1, 0.15) is 23.3 Å². The molecule has 6 nitrogen and oxygen atoms in total. The number of carboxylic acid groups (broad SMARTS) is 1. The minimum Gasteiger partial charge on any atom is -0.477 e. The molecular formula is C14H19N3O3. The van der Waals surface area contributed by atoms with E-state index < -0.39 is 5.97 Å². The SMILES string of the molecule is CN(CCC1CCN(C=O)C1)c1cccc(C(=O)O)n1. The van der Waals surface area contributed by atoms with Crippen LogP contribution in [0.2, 0.25) is 0 Å². The van der Waals surface area contributed by atoms with E-state index in [0.29, 0.717) is 11.7 Å². The van der Waals surface area contributed by atoms with Gasteiger partial charge in [0.15, 0.2) is 5.69 Å². The number of rotatable bonds is 6. The predicted molar refractivity (Wildman–Crippen MR) is 74.8 cm³/mol. The Bertz CT molecular complexity index is 492. The molecule has 108 valence electrons. The van der Waals surface area contributed by atoms with E-state index >= 15 is 0 Å². The molecule has 1 saturated heterocycles. The van der Waals surface area contributed by atoms with Gasteiger partial charge in [-0.25, -0.2) is 9.78 Å². The Morgan fingerprint density at radius 3 is 3.05 bits per heavy atom. The summed E-state index contributed by atoms with van der Waals surface area (Å²) < 4.78 is 0. The second-order valence-corrected chi connectivity index (χ2v) is 5.15. The molecule has 2 heterocycles. The Morgan fingerprint density at radius 2 is 2.40 bits per heavy atom. The average Bonchev–Trinajstić information content (AvgIpc) is 2.93. The number of carbonyl (C=O) groups is 2. The van der Waals surface area contributed by atoms with Crippen molar-refractivity contribution >= 4 is 18.2 Å². The first-order chi connectivity index (χ1) is 9.60. The van der Waals surface area contributed by atoms with E-state index in [9.17, 15) is 9.59 Å². The van der Waals surface area contributed by atoms with Crippen LogP contribution in [-0.4, -0.2) is 54.1 Å². The number of carbonyl (C=O) groups excluding carboxylic acids is 1. The monoisotopic (exact) mass is 277 g/mol. The molecule has 1 fully saturated rings. The summed E-state index contributed by atoms with van der Waals surface area (Å²) in [5, 5.41) is 8.93. The normalized spacial score (nSPS) is 18.1. The number of aromatic carboxylic acids is 1. The summed E-state index contributed by atoms with van der Waals surface area (Å²) in [7, 11) is 1.90. The van der Waals surface area contributed by atoms with Crippen molar-refractivity contribution in [3.63, 3.8) is 0 Å². The van der Waals surface area contributed by atoms with Crippen molar-refractivity contribution in [1.82, 2.24) is 9.88 Å². The minimum atomic E-state index is -1.02. The number of amides is 1. The molecule has 1 atom stereocenters. The highest BCUT2D eigenvalue weighted by Crippen LogP contribution is 2.19. The lowest BCUT2D eigenvalue weighted by Gasteiger charge is -2.20. The van der Waals surface area contributed by atoms with Gasteiger partial charge >= 0.3 is 5.97 Å². The molecule has 1 aliphatic heterocycles. The van der Waals surface area contributed by atoms with Crippen LogP contribution < -0.4 is 4.90 Å². The van der Waals surface area contributed by atoms with E-state index in [-0.39, 0.29) is 5.69 Å². The van der Waals surface area contributed by atoms with Gasteiger partial charge < -0.3 is 14.9 Å². The van der Waals surface area contributed by atoms with Gasteiger partial charge in [0.25, 0.3) is 0 Å². The van der Waals surface area contributed by atoms with Gasteiger partial charge in [0, 0.05) is 26.7 Å². The topological polar surface area (TPSA) is 73.7 Å². The first-order valence-electron chi connectivity index (χ1n) is 6.71. The second-order valence-electron chi connectivity index (χ2n) is 5.15. The highest BCUT2D eigenvalue weighted by molar-refractivity contribution is 5.85. The summed E-state index contributed by atoms with van der Waals surface area (Å²) in [6.07, 6.45) is 2.91. The molecule has 0 bridgehead atoms. The van der Waals surface area contributed by atoms with Gasteiger partial charge in [-0.15, -0.1) is 0 Å². The number of likely N-dealkylation sites (tertiary alicyclic amines) is 1. The van der Waals surface area contributed by atoms with Crippen LogP contribution in [0.15, 0.2) is 18.2 Å². The van der Waals surface area contributed by atoms with Crippen molar-refractivity contribution < 1.29 is 14.7 Å². The molecule has 0 aromatic carbocycles. The first-order valence-corrected chi connectivity index (χ1v) is 6.71. The van der Waals surface area contributed by atoms with E-state index in [1.165, 1.54) is 6.07 Å². The van der Waals surface area contributed by atoms with Crippen molar-refractivity contribution in [2.45, 2.75) is 12.8 Å². The van der Waals surface area contributed by atoms with E-state index in [2.05, 4.69) is 4.98 Å². The Morgan fingerprint density at radius 1 is 1.60 bits per heavy atom. The summed E-state index contributed by atoms with van der Waals surface area (Å²) in [5.74, 6) is 0.165. The van der Waals surface area contributed by atoms with Gasteiger partial charge in [-0.05, 0) is 30.9 Å². The molecule has 20 heavy (non-hydrogen) atoms. The third-order valence-electron chi connectivity index (χ3n) is 3.68. The van der Waals surface area contributed by atoms with Gasteiger partial charge in [0.2, 0.25) is 6.41 Å². The highest BCUT2D eigenvalue weighted by atomic mass is 16.4. The molecule has 1 amide bonds. The van der Waals surface area contributed by atoms with E-state index in [1.54, 1.807) is 17.0 Å². The number of aromatic nitrogens is 1. The number of hydrogen-bond donors (Lipinski definition) is 1. The quantitative estimate of drug-likeness (QED) is 0.788. The standard InChI is InChI=1S/C14H19N3O3/c1-16(7-5-11-6-8-17(9-11)10-18)13-4-2-3-12(15-13)14(19)20/h2-4,10-11H,5-9H2,1H3,(H,19,20). The average molecular weight is 277 g/mol. The lowest BCUT2D eigenvalue weighted by molar-refractivity contribution is -0.117. The maximum absolute atomic E-state index is 10.9. The van der Waals surface area contributed by atoms with Gasteiger partial charge in [0.05, 0.1) is 0 Å². The number of hydrogen-bond acceptors (Lipinski definition) is 4. The molecular weight excluding hydrogens is 258 g/mol. The van der Waals surface area contributed by atoms with Crippen LogP contribution >= 0.6 is 0 Å². The van der Waals surface area contributed by atoms with Crippen molar-refractivity contribution in [2.75, 3.05) is 31.6 Å². The predicted octanol–water partition coefficient (Wildman–Crippen LogP) is 1.08. The molecule has 6 heteroatoms. The van der Waals surface area contributed by atoms with Crippen molar-refractivity contribution in [2.24, 2.45) is 5.92 Å². The second kappa shape index (κ2) is 6.36. The first kappa shape index (κ1) is 14.3. The van der Waals surface area contributed by atoms with Gasteiger partial charge in [0.1, 0.15) is 5.82 Å². The lowest BCUT2D eigenvalue weighted by atomic mass is 10.1. The molecule has 1 aromatic rings. The molecule has 1 unspecified atom stereocenters. The molecule has 0 radical (unpaired) electrons. The molecule has 1 N–H and O–H groups in total. The van der Waals surface area contributed by atoms with Gasteiger partial charge in [-0.2, -0.15) is 0 Å². The number of nitrogens with zero attached hydrogens (tertiary/aromatic N) is 3. The van der Waals surface area contributed by atoms with Crippen LogP contribution in [0.4, 0.5) is 5.82 Å². The highest BCUT2D eigenvalue weighted by Gasteiger charge is 2.21. The largest absolute Gasteiger partial charge is 0.477 e. The number of pyridine rings is 1. The van der Waals surface area contributed by atoms with Crippen LogP contribution in [0, 0.1) is 5.92 Å². The zero-order valence-electron chi connectivity index (χ0n) is 11.5. The Labute approximate surface area is 118 Å². The maximum Gasteiger partial charge on any atom is 0.354 e. The summed E-state index contributed by atoms with van der Waals surface area (Å²) in [6.45, 7) is 2.46. The smallest absolute Gasteiger partial charge is 0.354 e. The lowest BCUT2D eigenvalue weighted by Crippen LogP contribution is -2.24. The zero-order valence-corrected chi connectivity index (χ0v) is 11.5. The minimum absolute atomic E-state index is 0.0577. The molecule has 0 aliphatic carbocycles. The molecule has 1 aromatic heterocycles. The fourth-order valence-corrected chi connectivity index (χ4v) is 2.44. The van der Waals surface area contributed by atoms with Crippen molar-refractivity contribution in [1.29, 1.82) is 0 Å². The van der Waals surface area contributed by atoms with Gasteiger partial charge in [-0.3, -0.25) is 4.79 Å². The molecule has 1 aliphatic rings. The third kappa shape index (κ3) is 3.46. The molecule has 0 spiro atoms. The molecule has 2 rings (SSSR count). The van der Waals surface area contributed by atoms with Crippen LogP contribution in [-0.2, 0) is 4.79 Å². The van der Waals surface area contributed by atoms with E-state index in [1.807, 2.05) is 11.9 Å². The Hall–Kier alpha value is -2.11. The fourth-order valence-electron chi connectivity index (χ4n) is 2.44. The number of carboxylic acids is 1. The van der Waals surface area contributed by atoms with E-state index in [4.69, 9.17) is 5.11 Å². The Kier molecular flexibility index (Phi) is 4.55. The van der Waals surface area contributed by atoms with Crippen molar-refractivity contribution in [3.8, 4) is 0 Å². The van der Waals surface area contributed by atoms with E-state index in [0.717, 1.165) is 38.9 Å². The van der Waals surface area contributed by atoms with Crippen molar-refractivity contribution in [3.05, 3.63) is 23.9 Å². The van der Waals surface area contributed by atoms with Crippen LogP contribution in [0.25, 0.3) is 0 Å². The molecule has 0 saturated carbocycles. The Balaban J connectivity index is 1.88. The summed E-state index contributed by atoms with van der Waals surface area (Å²) in [6, 6.07) is 4.99. The summed E-state index contributed by atoms with van der Waals surface area (Å²) in [5.41, 5.74) is 0.0577. The maximum atomic E-state index is 10.9. The zero-order chi connectivity index (χ0) is 14.5. The fraction of sp³-hybridized carbons (Fsp3) is 0.500. The summed E-state index contributed by atoms with van der Waals surface area (Å²) >= 11 is 0. The van der Waals surface area contributed by atoms with Gasteiger partial charge in [-0.1, -0.05) is 6.07 Å².